The lowest BCUT2D eigenvalue weighted by atomic mass is 10.1. The molecular formula is C8H4F6N2O3. The van der Waals surface area contributed by atoms with Crippen molar-refractivity contribution in [3.8, 4) is 5.75 Å². The van der Waals surface area contributed by atoms with Gasteiger partial charge in [-0.25, -0.2) is 9.78 Å². The zero-order chi connectivity index (χ0) is 15.0. The standard InChI is InChI=1S/C8H4F6N2O3/c9-7(10,11)5-4(19-8(12,13)14)3(6(17)18)2(15)1-16-5/h1H,15H2,(H,17,18). The third-order valence-electron chi connectivity index (χ3n) is 1.76. The number of anilines is 1. The maximum Gasteiger partial charge on any atom is 0.573 e. The monoisotopic (exact) mass is 290 g/mol. The Labute approximate surface area is 100 Å². The number of aromatic carboxylic acids is 1. The summed E-state index contributed by atoms with van der Waals surface area (Å²) in [6.07, 6.45) is -10.6. The molecule has 0 aliphatic carbocycles. The van der Waals surface area contributed by atoms with Crippen LogP contribution in [0.2, 0.25) is 0 Å². The van der Waals surface area contributed by atoms with E-state index in [0.29, 0.717) is 0 Å². The molecule has 11 heteroatoms. The maximum atomic E-state index is 12.5. The summed E-state index contributed by atoms with van der Waals surface area (Å²) in [4.78, 5) is 13.3. The zero-order valence-corrected chi connectivity index (χ0v) is 8.63. The van der Waals surface area contributed by atoms with Gasteiger partial charge in [-0.05, 0) is 0 Å². The lowest BCUT2D eigenvalue weighted by molar-refractivity contribution is -0.276. The topological polar surface area (TPSA) is 85.4 Å². The Balaban J connectivity index is 3.59. The number of carboxylic acid groups (broad SMARTS) is 1. The van der Waals surface area contributed by atoms with Crippen LogP contribution in [0.25, 0.3) is 0 Å². The molecule has 0 bridgehead atoms. The minimum atomic E-state index is -5.53. The van der Waals surface area contributed by atoms with Gasteiger partial charge in [-0.3, -0.25) is 0 Å². The number of nitrogens with two attached hydrogens (primary N) is 1. The van der Waals surface area contributed by atoms with Crippen LogP contribution < -0.4 is 10.5 Å². The van der Waals surface area contributed by atoms with Crippen LogP contribution in [0.4, 0.5) is 32.0 Å². The Bertz CT molecular complexity index is 510. The normalized spacial score (nSPS) is 12.3. The Morgan fingerprint density at radius 2 is 1.79 bits per heavy atom. The van der Waals surface area contributed by atoms with Crippen LogP contribution in [0.15, 0.2) is 6.20 Å². The number of nitrogens with zero attached hydrogens (tertiary/aromatic N) is 1. The third-order valence-corrected chi connectivity index (χ3v) is 1.76. The van der Waals surface area contributed by atoms with E-state index in [4.69, 9.17) is 10.8 Å². The second-order valence-corrected chi connectivity index (χ2v) is 3.12. The molecule has 3 N–H and O–H groups in total. The van der Waals surface area contributed by atoms with E-state index in [2.05, 4.69) is 9.72 Å². The lowest BCUT2D eigenvalue weighted by Crippen LogP contribution is -2.24. The number of hydrogen-bond acceptors (Lipinski definition) is 4. The van der Waals surface area contributed by atoms with Crippen LogP contribution in [0.3, 0.4) is 0 Å². The molecule has 5 nitrogen and oxygen atoms in total. The number of carboxylic acids is 1. The highest BCUT2D eigenvalue weighted by molar-refractivity contribution is 5.97. The SMILES string of the molecule is Nc1cnc(C(F)(F)F)c(OC(F)(F)F)c1C(=O)O. The van der Waals surface area contributed by atoms with Crippen LogP contribution in [0, 0.1) is 0 Å². The van der Waals surface area contributed by atoms with Gasteiger partial charge >= 0.3 is 18.5 Å². The summed E-state index contributed by atoms with van der Waals surface area (Å²) in [6, 6.07) is 0. The van der Waals surface area contributed by atoms with E-state index >= 15 is 0 Å². The van der Waals surface area contributed by atoms with Crippen LogP contribution in [0.5, 0.6) is 5.75 Å². The van der Waals surface area contributed by atoms with Gasteiger partial charge in [0.2, 0.25) is 0 Å². The first-order chi connectivity index (χ1) is 8.43. The smallest absolute Gasteiger partial charge is 0.477 e. The van der Waals surface area contributed by atoms with E-state index in [0.717, 1.165) is 0 Å². The van der Waals surface area contributed by atoms with Gasteiger partial charge in [-0.15, -0.1) is 13.2 Å². The van der Waals surface area contributed by atoms with Crippen molar-refractivity contribution in [2.75, 3.05) is 5.73 Å². The number of ether oxygens (including phenoxy) is 1. The number of carbonyl (C=O) groups is 1. The molecule has 0 aromatic carbocycles. The summed E-state index contributed by atoms with van der Waals surface area (Å²) in [5, 5.41) is 8.61. The zero-order valence-electron chi connectivity index (χ0n) is 8.63. The van der Waals surface area contributed by atoms with Crippen molar-refractivity contribution >= 4 is 11.7 Å². The fourth-order valence-electron chi connectivity index (χ4n) is 1.14. The molecule has 0 spiro atoms. The van der Waals surface area contributed by atoms with Gasteiger partial charge in [-0.2, -0.15) is 13.2 Å². The molecule has 0 unspecified atom stereocenters. The van der Waals surface area contributed by atoms with Crippen LogP contribution >= 0.6 is 0 Å². The van der Waals surface area contributed by atoms with E-state index in [1.807, 2.05) is 0 Å². The molecule has 1 heterocycles. The number of halogens is 6. The van der Waals surface area contributed by atoms with Crippen molar-refractivity contribution in [2.45, 2.75) is 12.5 Å². The quantitative estimate of drug-likeness (QED) is 0.816. The third kappa shape index (κ3) is 3.39. The van der Waals surface area contributed by atoms with Gasteiger partial charge in [0.1, 0.15) is 5.56 Å². The molecule has 0 fully saturated rings. The molecule has 0 saturated heterocycles. The van der Waals surface area contributed by atoms with Crippen LogP contribution in [0.1, 0.15) is 16.1 Å². The van der Waals surface area contributed by atoms with Crippen molar-refractivity contribution < 1.29 is 41.0 Å². The Kier molecular flexibility index (Phi) is 3.50. The number of hydrogen-bond donors (Lipinski definition) is 2. The van der Waals surface area contributed by atoms with Crippen molar-refractivity contribution in [3.05, 3.63) is 17.5 Å². The van der Waals surface area contributed by atoms with E-state index in [9.17, 15) is 31.1 Å². The molecule has 0 aliphatic rings. The van der Waals surface area contributed by atoms with Crippen molar-refractivity contribution in [2.24, 2.45) is 0 Å². The summed E-state index contributed by atoms with van der Waals surface area (Å²) < 4.78 is 76.6. The predicted octanol–water partition coefficient (Wildman–Crippen LogP) is 2.28. The molecule has 106 valence electrons. The molecule has 0 radical (unpaired) electrons. The lowest BCUT2D eigenvalue weighted by Gasteiger charge is -2.17. The second-order valence-electron chi connectivity index (χ2n) is 3.12. The summed E-state index contributed by atoms with van der Waals surface area (Å²) in [7, 11) is 0. The second kappa shape index (κ2) is 4.48. The highest BCUT2D eigenvalue weighted by atomic mass is 19.4. The van der Waals surface area contributed by atoms with Gasteiger partial charge in [0.25, 0.3) is 0 Å². The Morgan fingerprint density at radius 3 is 2.16 bits per heavy atom. The van der Waals surface area contributed by atoms with Gasteiger partial charge < -0.3 is 15.6 Å². The molecule has 1 rings (SSSR count). The van der Waals surface area contributed by atoms with Crippen molar-refractivity contribution in [1.82, 2.24) is 4.98 Å². The fourth-order valence-corrected chi connectivity index (χ4v) is 1.14. The number of aromatic nitrogens is 1. The molecule has 1 aromatic rings. The Hall–Kier alpha value is -2.20. The van der Waals surface area contributed by atoms with E-state index in [-0.39, 0.29) is 6.20 Å². The molecule has 0 saturated carbocycles. The van der Waals surface area contributed by atoms with Crippen LogP contribution in [-0.4, -0.2) is 22.4 Å². The minimum Gasteiger partial charge on any atom is -0.477 e. The summed E-state index contributed by atoms with van der Waals surface area (Å²) in [6.45, 7) is 0. The number of alkyl halides is 6. The largest absolute Gasteiger partial charge is 0.573 e. The first-order valence-corrected chi connectivity index (χ1v) is 4.28. The number of nitrogen functional groups attached to an aromatic ring is 1. The first-order valence-electron chi connectivity index (χ1n) is 4.28. The maximum absolute atomic E-state index is 12.5. The van der Waals surface area contributed by atoms with E-state index in [1.54, 1.807) is 0 Å². The Morgan fingerprint density at radius 1 is 1.26 bits per heavy atom. The van der Waals surface area contributed by atoms with Gasteiger partial charge in [-0.1, -0.05) is 0 Å². The average Bonchev–Trinajstić information content (AvgIpc) is 2.11. The van der Waals surface area contributed by atoms with E-state index in [1.165, 1.54) is 0 Å². The number of rotatable bonds is 2. The summed E-state index contributed by atoms with van der Waals surface area (Å²) >= 11 is 0. The minimum absolute atomic E-state index is 0.287. The van der Waals surface area contributed by atoms with Crippen molar-refractivity contribution in [3.63, 3.8) is 0 Å². The molecule has 0 atom stereocenters. The predicted molar refractivity (Wildman–Crippen MR) is 47.3 cm³/mol. The molecule has 0 amide bonds. The molecular weight excluding hydrogens is 286 g/mol. The van der Waals surface area contributed by atoms with Gasteiger partial charge in [0, 0.05) is 0 Å². The van der Waals surface area contributed by atoms with Gasteiger partial charge in [0.05, 0.1) is 11.9 Å². The fraction of sp³-hybridized carbons (Fsp3) is 0.250. The van der Waals surface area contributed by atoms with E-state index < -0.39 is 41.2 Å². The molecule has 1 aromatic heterocycles. The molecule has 19 heavy (non-hydrogen) atoms. The van der Waals surface area contributed by atoms with Crippen molar-refractivity contribution in [1.29, 1.82) is 0 Å². The van der Waals surface area contributed by atoms with Gasteiger partial charge in [0.15, 0.2) is 11.4 Å². The summed E-state index contributed by atoms with van der Waals surface area (Å²) in [5.41, 5.74) is 0.519. The highest BCUT2D eigenvalue weighted by Gasteiger charge is 2.43. The molecule has 0 aliphatic heterocycles. The van der Waals surface area contributed by atoms with Crippen LogP contribution in [-0.2, 0) is 6.18 Å². The highest BCUT2D eigenvalue weighted by Crippen LogP contribution is 2.40. The average molecular weight is 290 g/mol. The first kappa shape index (κ1) is 14.9. The summed E-state index contributed by atoms with van der Waals surface area (Å²) in [5.74, 6) is -4.10. The number of pyridine rings is 1.